The van der Waals surface area contributed by atoms with Crippen LogP contribution in [0.2, 0.25) is 5.02 Å². The average molecular weight is 499 g/mol. The molecule has 0 spiro atoms. The van der Waals surface area contributed by atoms with Crippen LogP contribution in [0.1, 0.15) is 22.5 Å². The summed E-state index contributed by atoms with van der Waals surface area (Å²) >= 11 is 5.90. The fourth-order valence-corrected chi connectivity index (χ4v) is 4.11. The van der Waals surface area contributed by atoms with Crippen molar-refractivity contribution >= 4 is 29.1 Å². The van der Waals surface area contributed by atoms with E-state index in [4.69, 9.17) is 16.9 Å². The number of piperidine rings is 1. The number of benzene rings is 2. The zero-order chi connectivity index (χ0) is 25.2. The molecule has 0 aliphatic carbocycles. The van der Waals surface area contributed by atoms with Crippen molar-refractivity contribution < 1.29 is 22.8 Å². The Bertz CT molecular complexity index is 1340. The zero-order valence-corrected chi connectivity index (χ0v) is 18.9. The molecule has 35 heavy (non-hydrogen) atoms. The first-order valence-corrected chi connectivity index (χ1v) is 10.9. The van der Waals surface area contributed by atoms with Crippen molar-refractivity contribution in [1.82, 2.24) is 9.88 Å². The molecule has 1 aliphatic heterocycles. The van der Waals surface area contributed by atoms with Crippen LogP contribution in [0.4, 0.5) is 18.9 Å². The molecule has 2 amide bonds. The minimum Gasteiger partial charge on any atom is -0.332 e. The first-order chi connectivity index (χ1) is 16.6. The quantitative estimate of drug-likeness (QED) is 0.539. The molecule has 0 saturated carbocycles. The number of carbonyl (C=O) groups excluding carboxylic acids is 2. The summed E-state index contributed by atoms with van der Waals surface area (Å²) in [6, 6.07) is 16.4. The highest BCUT2D eigenvalue weighted by Gasteiger charge is 2.45. The number of amides is 2. The van der Waals surface area contributed by atoms with Crippen molar-refractivity contribution in [2.75, 3.05) is 18.4 Å². The second-order valence-corrected chi connectivity index (χ2v) is 8.59. The third-order valence-electron chi connectivity index (χ3n) is 5.51. The number of anilines is 1. The van der Waals surface area contributed by atoms with Crippen LogP contribution in [0, 0.1) is 23.1 Å². The lowest BCUT2D eigenvalue weighted by Crippen LogP contribution is -2.52. The molecule has 1 saturated heterocycles. The van der Waals surface area contributed by atoms with E-state index >= 15 is 0 Å². The summed E-state index contributed by atoms with van der Waals surface area (Å²) in [5.74, 6) is -7.14. The SMILES string of the molecule is N#Cc1cccc(-c2ccc(F)c(C(=O)N3CC(C(=O)Nc4cccc(Cl)c4)CC(F)(F)C3)c2)n1. The Morgan fingerprint density at radius 3 is 2.66 bits per heavy atom. The van der Waals surface area contributed by atoms with Crippen molar-refractivity contribution in [3.8, 4) is 17.3 Å². The maximum Gasteiger partial charge on any atom is 0.266 e. The number of hydrogen-bond acceptors (Lipinski definition) is 4. The number of nitriles is 1. The number of rotatable bonds is 4. The normalized spacial score (nSPS) is 16.9. The van der Waals surface area contributed by atoms with E-state index in [9.17, 15) is 22.8 Å². The number of aromatic nitrogens is 1. The second-order valence-electron chi connectivity index (χ2n) is 8.16. The monoisotopic (exact) mass is 498 g/mol. The molecule has 3 aromatic rings. The Labute approximate surface area is 204 Å². The maximum absolute atomic E-state index is 14.6. The number of halogens is 4. The van der Waals surface area contributed by atoms with Crippen LogP contribution >= 0.6 is 11.6 Å². The van der Waals surface area contributed by atoms with E-state index in [1.165, 1.54) is 24.3 Å². The topological polar surface area (TPSA) is 86.1 Å². The highest BCUT2D eigenvalue weighted by molar-refractivity contribution is 6.30. The number of pyridine rings is 1. The summed E-state index contributed by atoms with van der Waals surface area (Å²) in [6.07, 6.45) is -0.753. The van der Waals surface area contributed by atoms with Gasteiger partial charge in [0.2, 0.25) is 5.91 Å². The lowest BCUT2D eigenvalue weighted by molar-refractivity contribution is -0.130. The Morgan fingerprint density at radius 1 is 1.14 bits per heavy atom. The zero-order valence-electron chi connectivity index (χ0n) is 18.1. The van der Waals surface area contributed by atoms with E-state index < -0.39 is 48.0 Å². The van der Waals surface area contributed by atoms with Gasteiger partial charge in [0, 0.05) is 29.2 Å². The molecule has 6 nitrogen and oxygen atoms in total. The molecule has 1 N–H and O–H groups in total. The molecule has 0 radical (unpaired) electrons. The minimum atomic E-state index is -3.35. The molecule has 0 bridgehead atoms. The van der Waals surface area contributed by atoms with Crippen molar-refractivity contribution in [3.05, 3.63) is 82.8 Å². The van der Waals surface area contributed by atoms with Crippen LogP contribution in [-0.4, -0.2) is 40.7 Å². The molecule has 10 heteroatoms. The van der Waals surface area contributed by atoms with Gasteiger partial charge in [-0.25, -0.2) is 18.2 Å². The highest BCUT2D eigenvalue weighted by Crippen LogP contribution is 2.33. The first-order valence-electron chi connectivity index (χ1n) is 10.6. The van der Waals surface area contributed by atoms with E-state index in [2.05, 4.69) is 10.3 Å². The number of alkyl halides is 2. The van der Waals surface area contributed by atoms with Crippen molar-refractivity contribution in [2.24, 2.45) is 5.92 Å². The van der Waals surface area contributed by atoms with Gasteiger partial charge in [-0.05, 0) is 48.5 Å². The lowest BCUT2D eigenvalue weighted by atomic mass is 9.93. The molecule has 2 aromatic carbocycles. The summed E-state index contributed by atoms with van der Waals surface area (Å²) in [6.45, 7) is -1.26. The molecular weight excluding hydrogens is 481 g/mol. The van der Waals surface area contributed by atoms with Gasteiger partial charge in [-0.2, -0.15) is 5.26 Å². The number of carbonyl (C=O) groups is 2. The standard InChI is InChI=1S/C25H18ClF3N4O2/c26-17-3-1-4-18(10-17)32-23(34)16-11-25(28,29)14-33(13-16)24(35)20-9-15(7-8-21(20)27)22-6-2-5-19(12-30)31-22/h1-10,16H,11,13-14H2,(H,32,34). The predicted molar refractivity (Wildman–Crippen MR) is 123 cm³/mol. The predicted octanol–water partition coefficient (Wildman–Crippen LogP) is 5.15. The Morgan fingerprint density at radius 2 is 1.91 bits per heavy atom. The summed E-state index contributed by atoms with van der Waals surface area (Å²) < 4.78 is 43.7. The molecule has 2 heterocycles. The number of likely N-dealkylation sites (tertiary alicyclic amines) is 1. The molecule has 4 rings (SSSR count). The lowest BCUT2D eigenvalue weighted by Gasteiger charge is -2.37. The fourth-order valence-electron chi connectivity index (χ4n) is 3.92. The molecule has 178 valence electrons. The van der Waals surface area contributed by atoms with Crippen LogP contribution in [0.15, 0.2) is 60.7 Å². The van der Waals surface area contributed by atoms with Gasteiger partial charge < -0.3 is 10.2 Å². The first kappa shape index (κ1) is 24.2. The number of nitrogens with one attached hydrogen (secondary N) is 1. The van der Waals surface area contributed by atoms with Crippen molar-refractivity contribution in [3.63, 3.8) is 0 Å². The Kier molecular flexibility index (Phi) is 6.76. The largest absolute Gasteiger partial charge is 0.332 e. The highest BCUT2D eigenvalue weighted by atomic mass is 35.5. The average Bonchev–Trinajstić information content (AvgIpc) is 2.83. The summed E-state index contributed by atoms with van der Waals surface area (Å²) in [5.41, 5.74) is 0.689. The van der Waals surface area contributed by atoms with Crippen LogP contribution in [-0.2, 0) is 4.79 Å². The van der Waals surface area contributed by atoms with Crippen molar-refractivity contribution in [1.29, 1.82) is 5.26 Å². The number of nitrogens with zero attached hydrogens (tertiary/aromatic N) is 3. The van der Waals surface area contributed by atoms with E-state index in [0.717, 1.165) is 11.0 Å². The molecule has 1 aliphatic rings. The summed E-state index contributed by atoms with van der Waals surface area (Å²) in [5, 5.41) is 11.9. The third-order valence-corrected chi connectivity index (χ3v) is 5.75. The minimum absolute atomic E-state index is 0.129. The van der Waals surface area contributed by atoms with Gasteiger partial charge in [0.25, 0.3) is 11.8 Å². The van der Waals surface area contributed by atoms with Crippen LogP contribution in [0.3, 0.4) is 0 Å². The molecule has 1 atom stereocenters. The Hall–Kier alpha value is -3.90. The van der Waals surface area contributed by atoms with Crippen LogP contribution in [0.25, 0.3) is 11.3 Å². The van der Waals surface area contributed by atoms with Gasteiger partial charge in [-0.3, -0.25) is 9.59 Å². The van der Waals surface area contributed by atoms with E-state index in [1.54, 1.807) is 30.3 Å². The fraction of sp³-hybridized carbons (Fsp3) is 0.200. The van der Waals surface area contributed by atoms with Gasteiger partial charge in [-0.15, -0.1) is 0 Å². The molecule has 1 aromatic heterocycles. The molecule has 1 fully saturated rings. The maximum atomic E-state index is 14.6. The van der Waals surface area contributed by atoms with Gasteiger partial charge in [-0.1, -0.05) is 23.7 Å². The second kappa shape index (κ2) is 9.76. The van der Waals surface area contributed by atoms with Gasteiger partial charge in [0.15, 0.2) is 0 Å². The smallest absolute Gasteiger partial charge is 0.266 e. The molecular formula is C25H18ClF3N4O2. The van der Waals surface area contributed by atoms with Gasteiger partial charge in [0.1, 0.15) is 17.6 Å². The van der Waals surface area contributed by atoms with E-state index in [1.807, 2.05) is 6.07 Å². The van der Waals surface area contributed by atoms with E-state index in [-0.39, 0.29) is 12.2 Å². The van der Waals surface area contributed by atoms with E-state index in [0.29, 0.717) is 22.0 Å². The van der Waals surface area contributed by atoms with Crippen LogP contribution < -0.4 is 5.32 Å². The Balaban J connectivity index is 1.58. The third kappa shape index (κ3) is 5.61. The number of hydrogen-bond donors (Lipinski definition) is 1. The summed E-state index contributed by atoms with van der Waals surface area (Å²) in [7, 11) is 0. The van der Waals surface area contributed by atoms with Crippen LogP contribution in [0.5, 0.6) is 0 Å². The van der Waals surface area contributed by atoms with Gasteiger partial charge in [0.05, 0.1) is 23.7 Å². The van der Waals surface area contributed by atoms with Gasteiger partial charge >= 0.3 is 0 Å². The van der Waals surface area contributed by atoms with Crippen molar-refractivity contribution in [2.45, 2.75) is 12.3 Å². The summed E-state index contributed by atoms with van der Waals surface area (Å²) in [4.78, 5) is 30.7. The molecule has 1 unspecified atom stereocenters.